The fraction of sp³-hybridized carbons (Fsp3) is 0.105. The van der Waals surface area contributed by atoms with Crippen molar-refractivity contribution in [3.05, 3.63) is 217 Å². The minimum absolute atomic E-state index is 0.0236. The van der Waals surface area contributed by atoms with Gasteiger partial charge in [-0.25, -0.2) is 0 Å². The number of hydrogen-bond donors (Lipinski definition) is 0. The molecule has 0 aliphatic heterocycles. The van der Waals surface area contributed by atoms with Crippen molar-refractivity contribution < 1.29 is 0 Å². The summed E-state index contributed by atoms with van der Waals surface area (Å²) < 4.78 is 0. The molecule has 76 heavy (non-hydrogen) atoms. The second-order valence-electron chi connectivity index (χ2n) is 24.3. The van der Waals surface area contributed by atoms with Crippen molar-refractivity contribution in [2.24, 2.45) is 0 Å². The highest BCUT2D eigenvalue weighted by atomic mass is 14.3. The van der Waals surface area contributed by atoms with E-state index in [0.717, 1.165) is 0 Å². The van der Waals surface area contributed by atoms with Crippen LogP contribution in [-0.2, 0) is 10.8 Å². The molecule has 356 valence electrons. The third-order valence-electron chi connectivity index (χ3n) is 18.1. The molecule has 0 heterocycles. The third kappa shape index (κ3) is 5.48. The maximum absolute atomic E-state index is 2.62. The van der Waals surface area contributed by atoms with E-state index in [2.05, 4.69) is 248 Å². The molecule has 0 heteroatoms. The minimum Gasteiger partial charge on any atom is -0.0622 e. The Morgan fingerprint density at radius 1 is 0.211 bits per heavy atom. The molecule has 16 aromatic carbocycles. The maximum Gasteiger partial charge on any atom is -0.000718 e. The van der Waals surface area contributed by atoms with Gasteiger partial charge in [0.2, 0.25) is 0 Å². The molecule has 16 aromatic rings. The van der Waals surface area contributed by atoms with Crippen LogP contribution in [0.5, 0.6) is 0 Å². The van der Waals surface area contributed by atoms with E-state index >= 15 is 0 Å². The number of hydrogen-bond acceptors (Lipinski definition) is 0. The van der Waals surface area contributed by atoms with Crippen LogP contribution in [0.15, 0.2) is 206 Å². The Morgan fingerprint density at radius 3 is 1.17 bits per heavy atom. The monoisotopic (exact) mass is 964 g/mol. The predicted octanol–water partition coefficient (Wildman–Crippen LogP) is 21.9. The standard InChI is InChI=1S/C76H52/c1-75(2,3)46-33-45-34-47(76(4,5)6)38-63-61-40-65-64(39-60(61)62(37-46)66(45)63)67(42-19-11-8-12-20-42)73-56-31-29-52-50-25-27-54-58-35-43-21-13-14-22-44(43)36-59(58)55-28-26-51(68(50)70(54)55)53-30-32-57(72(56)69(52)53)74(73)71(65)49-24-16-15-23-48(49)41-17-9-7-10-18-41/h7-40H,1-6H3. The fourth-order valence-electron chi connectivity index (χ4n) is 14.5. The van der Waals surface area contributed by atoms with Gasteiger partial charge >= 0.3 is 0 Å². The largest absolute Gasteiger partial charge is 0.0622 e. The Morgan fingerprint density at radius 2 is 0.632 bits per heavy atom. The molecule has 17 rings (SSSR count). The Balaban J connectivity index is 1.08. The van der Waals surface area contributed by atoms with Gasteiger partial charge in [0.1, 0.15) is 0 Å². The summed E-state index contributed by atoms with van der Waals surface area (Å²) in [6, 6.07) is 80.1. The summed E-state index contributed by atoms with van der Waals surface area (Å²) in [4.78, 5) is 0. The third-order valence-corrected chi connectivity index (χ3v) is 18.1. The van der Waals surface area contributed by atoms with Gasteiger partial charge in [0.25, 0.3) is 0 Å². The van der Waals surface area contributed by atoms with Crippen LogP contribution in [0.25, 0.3) is 174 Å². The molecule has 0 unspecified atom stereocenters. The quantitative estimate of drug-likeness (QED) is 0.122. The Bertz CT molecular complexity index is 5090. The van der Waals surface area contributed by atoms with Crippen LogP contribution in [-0.4, -0.2) is 0 Å². The van der Waals surface area contributed by atoms with Crippen LogP contribution in [0, 0.1) is 0 Å². The lowest BCUT2D eigenvalue weighted by atomic mass is 9.82. The van der Waals surface area contributed by atoms with E-state index < -0.39 is 0 Å². The van der Waals surface area contributed by atoms with Crippen molar-refractivity contribution in [2.75, 3.05) is 0 Å². The second kappa shape index (κ2) is 14.5. The topological polar surface area (TPSA) is 0 Å². The molecule has 0 bridgehead atoms. The SMILES string of the molecule is CC(C)(C)c1cc2cc(C(C)(C)C)cc3c4cc5c(-c6ccccc6-c6ccccc6)c6c7ccc8c9ccc%10c%11c(ccc(c%12ccc(c6c(-c6ccccc6)c5cc4c(c1)c23)c7c%128)c%119)-c1cc2ccccc2cc1-%10. The van der Waals surface area contributed by atoms with Crippen LogP contribution in [0.1, 0.15) is 52.7 Å². The van der Waals surface area contributed by atoms with Crippen molar-refractivity contribution in [3.8, 4) is 55.6 Å². The maximum atomic E-state index is 2.62. The van der Waals surface area contributed by atoms with E-state index in [-0.39, 0.29) is 10.8 Å². The van der Waals surface area contributed by atoms with Gasteiger partial charge in [-0.05, 0) is 232 Å². The van der Waals surface area contributed by atoms with Crippen LogP contribution < -0.4 is 0 Å². The first-order valence-corrected chi connectivity index (χ1v) is 27.2. The van der Waals surface area contributed by atoms with Gasteiger partial charge in [0.05, 0.1) is 0 Å². The van der Waals surface area contributed by atoms with Crippen LogP contribution in [0.4, 0.5) is 0 Å². The lowest BCUT2D eigenvalue weighted by molar-refractivity contribution is 0.590. The molecular formula is C76H52. The first-order valence-electron chi connectivity index (χ1n) is 27.2. The normalized spacial score (nSPS) is 13.1. The molecule has 1 aliphatic carbocycles. The minimum atomic E-state index is -0.0268. The molecule has 0 saturated carbocycles. The molecule has 1 aliphatic rings. The Hall–Kier alpha value is -8.84. The summed E-state index contributed by atoms with van der Waals surface area (Å²) in [5, 5.41) is 29.3. The molecule has 0 fully saturated rings. The van der Waals surface area contributed by atoms with Gasteiger partial charge in [-0.15, -0.1) is 0 Å². The smallest absolute Gasteiger partial charge is 0.000718 e. The van der Waals surface area contributed by atoms with Gasteiger partial charge in [0, 0.05) is 0 Å². The molecule has 0 amide bonds. The van der Waals surface area contributed by atoms with E-state index in [0.29, 0.717) is 0 Å². The molecule has 0 radical (unpaired) electrons. The van der Waals surface area contributed by atoms with Gasteiger partial charge in [-0.3, -0.25) is 0 Å². The van der Waals surface area contributed by atoms with Crippen LogP contribution in [0.3, 0.4) is 0 Å². The number of fused-ring (bicyclic) bond motifs is 13. The number of rotatable bonds is 3. The molecule has 0 atom stereocenters. The summed E-state index contributed by atoms with van der Waals surface area (Å²) in [5.74, 6) is 0. The van der Waals surface area contributed by atoms with Crippen molar-refractivity contribution >= 4 is 118 Å². The van der Waals surface area contributed by atoms with Crippen molar-refractivity contribution in [2.45, 2.75) is 52.4 Å². The first-order chi connectivity index (χ1) is 37.0. The van der Waals surface area contributed by atoms with Gasteiger partial charge < -0.3 is 0 Å². The zero-order valence-electron chi connectivity index (χ0n) is 43.6. The van der Waals surface area contributed by atoms with Crippen LogP contribution >= 0.6 is 0 Å². The van der Waals surface area contributed by atoms with E-state index in [1.54, 1.807) is 0 Å². The summed E-state index contributed by atoms with van der Waals surface area (Å²) >= 11 is 0. The molecule has 0 aromatic heterocycles. The van der Waals surface area contributed by atoms with E-state index in [9.17, 15) is 0 Å². The molecule has 0 saturated heterocycles. The molecule has 0 nitrogen and oxygen atoms in total. The van der Waals surface area contributed by atoms with Crippen molar-refractivity contribution in [3.63, 3.8) is 0 Å². The highest BCUT2D eigenvalue weighted by molar-refractivity contribution is 6.48. The lowest BCUT2D eigenvalue weighted by Gasteiger charge is -2.22. The van der Waals surface area contributed by atoms with Crippen molar-refractivity contribution in [1.82, 2.24) is 0 Å². The number of benzene rings is 14. The summed E-state index contributed by atoms with van der Waals surface area (Å²) in [6.45, 7) is 14.2. The zero-order valence-corrected chi connectivity index (χ0v) is 43.6. The zero-order chi connectivity index (χ0) is 50.7. The average molecular weight is 965 g/mol. The molecular weight excluding hydrogens is 913 g/mol. The molecule has 0 spiro atoms. The van der Waals surface area contributed by atoms with Gasteiger partial charge in [-0.1, -0.05) is 211 Å². The Labute approximate surface area is 441 Å². The Kier molecular flexibility index (Phi) is 8.11. The second-order valence-corrected chi connectivity index (χ2v) is 24.3. The van der Waals surface area contributed by atoms with E-state index in [1.807, 2.05) is 0 Å². The summed E-state index contributed by atoms with van der Waals surface area (Å²) in [5.41, 5.74) is 15.6. The summed E-state index contributed by atoms with van der Waals surface area (Å²) in [7, 11) is 0. The highest BCUT2D eigenvalue weighted by Crippen LogP contribution is 2.58. The highest BCUT2D eigenvalue weighted by Gasteiger charge is 2.31. The van der Waals surface area contributed by atoms with Crippen LogP contribution in [0.2, 0.25) is 0 Å². The lowest BCUT2D eigenvalue weighted by Crippen LogP contribution is -2.12. The molecule has 0 N–H and O–H groups in total. The van der Waals surface area contributed by atoms with Gasteiger partial charge in [-0.2, -0.15) is 0 Å². The van der Waals surface area contributed by atoms with Crippen molar-refractivity contribution in [1.29, 1.82) is 0 Å². The van der Waals surface area contributed by atoms with E-state index in [1.165, 1.54) is 185 Å². The van der Waals surface area contributed by atoms with Gasteiger partial charge in [0.15, 0.2) is 0 Å². The first kappa shape index (κ1) is 42.5. The summed E-state index contributed by atoms with van der Waals surface area (Å²) in [6.07, 6.45) is 0. The average Bonchev–Trinajstić information content (AvgIpc) is 4.17. The van der Waals surface area contributed by atoms with E-state index in [4.69, 9.17) is 0 Å². The fourth-order valence-corrected chi connectivity index (χ4v) is 14.5. The predicted molar refractivity (Wildman–Crippen MR) is 331 cm³/mol.